The number of carbonyl (C=O) groups excluding carboxylic acids is 1. The van der Waals surface area contributed by atoms with Gasteiger partial charge in [0.1, 0.15) is 5.82 Å². The Morgan fingerprint density at radius 2 is 2.10 bits per heavy atom. The molecule has 1 aromatic carbocycles. The van der Waals surface area contributed by atoms with Crippen molar-refractivity contribution < 1.29 is 4.79 Å². The minimum atomic E-state index is -0.546. The summed E-state index contributed by atoms with van der Waals surface area (Å²) in [7, 11) is 0. The Hall–Kier alpha value is -1.72. The van der Waals surface area contributed by atoms with Gasteiger partial charge in [-0.05, 0) is 52.9 Å². The summed E-state index contributed by atoms with van der Waals surface area (Å²) in [5, 5.41) is 2.78. The molecule has 0 saturated carbocycles. The van der Waals surface area contributed by atoms with E-state index in [-0.39, 0.29) is 5.91 Å². The number of nitrogens with two attached hydrogens (primary N) is 1. The maximum atomic E-state index is 12.1. The number of amides is 1. The Labute approximate surface area is 132 Å². The Kier molecular flexibility index (Phi) is 5.47. The highest BCUT2D eigenvalue weighted by molar-refractivity contribution is 9.10. The standard InChI is InChI=1S/C16H18BrN3O/c1-11-9-13(17)10-19-15(11)20-16(21)14(18)8-7-12-5-3-2-4-6-12/h2-6,9-10,14H,7-8,18H2,1H3,(H,19,20,21). The molecule has 21 heavy (non-hydrogen) atoms. The number of nitrogens with zero attached hydrogens (tertiary/aromatic N) is 1. The maximum absolute atomic E-state index is 12.1. The number of carbonyl (C=O) groups is 1. The average molecular weight is 348 g/mol. The fourth-order valence-corrected chi connectivity index (χ4v) is 2.42. The molecule has 0 spiro atoms. The molecule has 1 aromatic heterocycles. The number of pyridine rings is 1. The van der Waals surface area contributed by atoms with E-state index in [2.05, 4.69) is 26.2 Å². The molecule has 110 valence electrons. The smallest absolute Gasteiger partial charge is 0.242 e. The molecule has 0 bridgehead atoms. The largest absolute Gasteiger partial charge is 0.320 e. The van der Waals surface area contributed by atoms with Gasteiger partial charge in [0.05, 0.1) is 6.04 Å². The summed E-state index contributed by atoms with van der Waals surface area (Å²) in [6.07, 6.45) is 3.03. The van der Waals surface area contributed by atoms with Gasteiger partial charge in [-0.1, -0.05) is 30.3 Å². The first kappa shape index (κ1) is 15.7. The van der Waals surface area contributed by atoms with E-state index >= 15 is 0 Å². The monoisotopic (exact) mass is 347 g/mol. The number of halogens is 1. The molecule has 5 heteroatoms. The van der Waals surface area contributed by atoms with Crippen LogP contribution in [0.5, 0.6) is 0 Å². The molecule has 1 heterocycles. The molecule has 0 saturated heterocycles. The van der Waals surface area contributed by atoms with Crippen LogP contribution in [0.1, 0.15) is 17.5 Å². The van der Waals surface area contributed by atoms with Gasteiger partial charge in [0.25, 0.3) is 0 Å². The molecule has 1 unspecified atom stereocenters. The molecule has 1 amide bonds. The number of aryl methyl sites for hydroxylation is 2. The zero-order chi connectivity index (χ0) is 15.2. The fraction of sp³-hybridized carbons (Fsp3) is 0.250. The quantitative estimate of drug-likeness (QED) is 0.873. The summed E-state index contributed by atoms with van der Waals surface area (Å²) in [6.45, 7) is 1.89. The van der Waals surface area contributed by atoms with Crippen LogP contribution in [0.2, 0.25) is 0 Å². The molecule has 2 aromatic rings. The normalized spacial score (nSPS) is 12.0. The van der Waals surface area contributed by atoms with Crippen molar-refractivity contribution in [2.24, 2.45) is 5.73 Å². The van der Waals surface area contributed by atoms with E-state index in [1.54, 1.807) is 6.20 Å². The van der Waals surface area contributed by atoms with Gasteiger partial charge in [-0.15, -0.1) is 0 Å². The average Bonchev–Trinajstić information content (AvgIpc) is 2.48. The number of nitrogens with one attached hydrogen (secondary N) is 1. The van der Waals surface area contributed by atoms with Crippen molar-refractivity contribution in [1.82, 2.24) is 4.98 Å². The van der Waals surface area contributed by atoms with Gasteiger partial charge >= 0.3 is 0 Å². The minimum Gasteiger partial charge on any atom is -0.320 e. The topological polar surface area (TPSA) is 68.0 Å². The predicted molar refractivity (Wildman–Crippen MR) is 88.0 cm³/mol. The summed E-state index contributed by atoms with van der Waals surface area (Å²) in [5.41, 5.74) is 8.02. The van der Waals surface area contributed by atoms with E-state index in [1.165, 1.54) is 5.56 Å². The van der Waals surface area contributed by atoms with Crippen LogP contribution >= 0.6 is 15.9 Å². The van der Waals surface area contributed by atoms with Crippen LogP contribution in [-0.2, 0) is 11.2 Å². The van der Waals surface area contributed by atoms with Crippen LogP contribution in [0.25, 0.3) is 0 Å². The summed E-state index contributed by atoms with van der Waals surface area (Å²) in [4.78, 5) is 16.3. The number of rotatable bonds is 5. The van der Waals surface area contributed by atoms with Crippen LogP contribution in [0.15, 0.2) is 47.1 Å². The zero-order valence-corrected chi connectivity index (χ0v) is 13.4. The number of anilines is 1. The lowest BCUT2D eigenvalue weighted by molar-refractivity contribution is -0.117. The number of hydrogen-bond donors (Lipinski definition) is 2. The summed E-state index contributed by atoms with van der Waals surface area (Å²) >= 11 is 3.34. The molecule has 0 aliphatic heterocycles. The van der Waals surface area contributed by atoms with E-state index in [9.17, 15) is 4.79 Å². The molecule has 4 nitrogen and oxygen atoms in total. The van der Waals surface area contributed by atoms with Crippen molar-refractivity contribution in [2.75, 3.05) is 5.32 Å². The van der Waals surface area contributed by atoms with Crippen LogP contribution < -0.4 is 11.1 Å². The van der Waals surface area contributed by atoms with Gasteiger partial charge < -0.3 is 11.1 Å². The number of hydrogen-bond acceptors (Lipinski definition) is 3. The van der Waals surface area contributed by atoms with E-state index in [4.69, 9.17) is 5.73 Å². The van der Waals surface area contributed by atoms with Crippen LogP contribution in [-0.4, -0.2) is 16.9 Å². The molecule has 0 aliphatic rings. The highest BCUT2D eigenvalue weighted by Crippen LogP contribution is 2.17. The molecule has 1 atom stereocenters. The van der Waals surface area contributed by atoms with Crippen LogP contribution in [0.4, 0.5) is 5.82 Å². The second kappa shape index (κ2) is 7.33. The van der Waals surface area contributed by atoms with Crippen molar-refractivity contribution >= 4 is 27.7 Å². The second-order valence-corrected chi connectivity index (χ2v) is 5.85. The third-order valence-electron chi connectivity index (χ3n) is 3.21. The SMILES string of the molecule is Cc1cc(Br)cnc1NC(=O)C(N)CCc1ccccc1. The highest BCUT2D eigenvalue weighted by Gasteiger charge is 2.15. The maximum Gasteiger partial charge on any atom is 0.242 e. The molecule has 0 fully saturated rings. The van der Waals surface area contributed by atoms with Gasteiger partial charge in [0.15, 0.2) is 0 Å². The lowest BCUT2D eigenvalue weighted by Gasteiger charge is -2.13. The van der Waals surface area contributed by atoms with Crippen LogP contribution in [0.3, 0.4) is 0 Å². The first-order chi connectivity index (χ1) is 10.1. The Bertz CT molecular complexity index is 616. The van der Waals surface area contributed by atoms with Crippen molar-refractivity contribution in [1.29, 1.82) is 0 Å². The van der Waals surface area contributed by atoms with Gasteiger partial charge in [-0.3, -0.25) is 4.79 Å². The van der Waals surface area contributed by atoms with E-state index in [0.29, 0.717) is 12.2 Å². The van der Waals surface area contributed by atoms with Crippen LogP contribution in [0, 0.1) is 6.92 Å². The zero-order valence-electron chi connectivity index (χ0n) is 11.8. The highest BCUT2D eigenvalue weighted by atomic mass is 79.9. The van der Waals surface area contributed by atoms with Gasteiger partial charge in [0.2, 0.25) is 5.91 Å². The van der Waals surface area contributed by atoms with Gasteiger partial charge in [0, 0.05) is 10.7 Å². The molecule has 0 radical (unpaired) electrons. The molecule has 0 aliphatic carbocycles. The number of aromatic nitrogens is 1. The van der Waals surface area contributed by atoms with Crippen molar-refractivity contribution in [3.8, 4) is 0 Å². The third-order valence-corrected chi connectivity index (χ3v) is 3.64. The van der Waals surface area contributed by atoms with Crippen molar-refractivity contribution in [2.45, 2.75) is 25.8 Å². The first-order valence-corrected chi connectivity index (χ1v) is 7.58. The minimum absolute atomic E-state index is 0.205. The van der Waals surface area contributed by atoms with E-state index in [0.717, 1.165) is 16.5 Å². The Morgan fingerprint density at radius 1 is 1.38 bits per heavy atom. The first-order valence-electron chi connectivity index (χ1n) is 6.79. The fourth-order valence-electron chi connectivity index (χ4n) is 1.98. The molecular weight excluding hydrogens is 330 g/mol. The second-order valence-electron chi connectivity index (χ2n) is 4.94. The Balaban J connectivity index is 1.90. The summed E-state index contributed by atoms with van der Waals surface area (Å²) in [6, 6.07) is 11.4. The lowest BCUT2D eigenvalue weighted by atomic mass is 10.1. The van der Waals surface area contributed by atoms with Crippen molar-refractivity contribution in [3.05, 3.63) is 58.2 Å². The van der Waals surface area contributed by atoms with Crippen molar-refractivity contribution in [3.63, 3.8) is 0 Å². The van der Waals surface area contributed by atoms with E-state index < -0.39 is 6.04 Å². The molecule has 3 N–H and O–H groups in total. The lowest BCUT2D eigenvalue weighted by Crippen LogP contribution is -2.36. The van der Waals surface area contributed by atoms with Gasteiger partial charge in [-0.25, -0.2) is 4.98 Å². The van der Waals surface area contributed by atoms with E-state index in [1.807, 2.05) is 43.3 Å². The predicted octanol–water partition coefficient (Wildman–Crippen LogP) is 3.05. The van der Waals surface area contributed by atoms with Gasteiger partial charge in [-0.2, -0.15) is 0 Å². The summed E-state index contributed by atoms with van der Waals surface area (Å²) in [5.74, 6) is 0.349. The molecular formula is C16H18BrN3O. The Morgan fingerprint density at radius 3 is 2.76 bits per heavy atom. The summed E-state index contributed by atoms with van der Waals surface area (Å²) < 4.78 is 0.881. The number of benzene rings is 1. The third kappa shape index (κ3) is 4.65. The molecule has 2 rings (SSSR count).